The summed E-state index contributed by atoms with van der Waals surface area (Å²) in [5, 5.41) is 0. The lowest BCUT2D eigenvalue weighted by atomic mass is 9.77. The number of rotatable bonds is 1. The number of ketones is 1. The van der Waals surface area contributed by atoms with Gasteiger partial charge in [-0.25, -0.2) is 0 Å². The van der Waals surface area contributed by atoms with Gasteiger partial charge in [-0.1, -0.05) is 0 Å². The van der Waals surface area contributed by atoms with Crippen LogP contribution in [0.2, 0.25) is 0 Å². The van der Waals surface area contributed by atoms with E-state index in [0.717, 1.165) is 31.2 Å². The third-order valence-electron chi connectivity index (χ3n) is 4.68. The van der Waals surface area contributed by atoms with Gasteiger partial charge in [0.05, 0.1) is 0 Å². The first-order chi connectivity index (χ1) is 7.33. The van der Waals surface area contributed by atoms with Crippen molar-refractivity contribution in [1.29, 1.82) is 0 Å². The minimum atomic E-state index is 0.507. The van der Waals surface area contributed by atoms with Crippen LogP contribution >= 0.6 is 0 Å². The van der Waals surface area contributed by atoms with Gasteiger partial charge >= 0.3 is 0 Å². The first-order valence-electron chi connectivity index (χ1n) is 6.60. The maximum absolute atomic E-state index is 11.5. The molecule has 0 aromatic rings. The summed E-state index contributed by atoms with van der Waals surface area (Å²) in [5.41, 5.74) is 0. The van der Waals surface area contributed by atoms with E-state index in [1.165, 1.54) is 38.6 Å². The Kier molecular flexibility index (Phi) is 2.55. The van der Waals surface area contributed by atoms with Crippen LogP contribution in [0.3, 0.4) is 0 Å². The summed E-state index contributed by atoms with van der Waals surface area (Å²) >= 11 is 0. The number of fused-ring (bicyclic) bond motifs is 3. The molecule has 4 fully saturated rings. The third-order valence-corrected chi connectivity index (χ3v) is 4.68. The lowest BCUT2D eigenvalue weighted by Crippen LogP contribution is -2.53. The highest BCUT2D eigenvalue weighted by Gasteiger charge is 2.38. The van der Waals surface area contributed by atoms with Crippen molar-refractivity contribution in [3.63, 3.8) is 0 Å². The molecule has 2 heterocycles. The van der Waals surface area contributed by atoms with Crippen molar-refractivity contribution in [1.82, 2.24) is 4.90 Å². The second-order valence-electron chi connectivity index (χ2n) is 5.66. The largest absolute Gasteiger partial charge is 0.300 e. The third kappa shape index (κ3) is 1.84. The lowest BCUT2D eigenvalue weighted by molar-refractivity contribution is -0.123. The molecule has 15 heavy (non-hydrogen) atoms. The van der Waals surface area contributed by atoms with Crippen LogP contribution in [0.1, 0.15) is 51.4 Å². The van der Waals surface area contributed by atoms with Crippen LogP contribution in [-0.4, -0.2) is 29.3 Å². The van der Waals surface area contributed by atoms with Crippen LogP contribution in [0.15, 0.2) is 0 Å². The second kappa shape index (κ2) is 3.89. The van der Waals surface area contributed by atoms with Gasteiger partial charge < -0.3 is 0 Å². The predicted molar refractivity (Wildman–Crippen MR) is 59.7 cm³/mol. The van der Waals surface area contributed by atoms with Crippen LogP contribution in [0.5, 0.6) is 0 Å². The van der Waals surface area contributed by atoms with Gasteiger partial charge in [0, 0.05) is 31.5 Å². The molecule has 0 N–H and O–H groups in total. The van der Waals surface area contributed by atoms with Crippen LogP contribution in [0.25, 0.3) is 0 Å². The summed E-state index contributed by atoms with van der Waals surface area (Å²) in [6.45, 7) is 1.29. The molecule has 0 radical (unpaired) electrons. The van der Waals surface area contributed by atoms with Crippen LogP contribution < -0.4 is 0 Å². The number of carbonyl (C=O) groups excluding carboxylic acids is 1. The summed E-state index contributed by atoms with van der Waals surface area (Å²) in [6.07, 6.45) is 9.79. The lowest BCUT2D eigenvalue weighted by Gasteiger charge is -2.49. The molecule has 4 rings (SSSR count). The van der Waals surface area contributed by atoms with Gasteiger partial charge in [-0.05, 0) is 44.4 Å². The van der Waals surface area contributed by atoms with Crippen molar-refractivity contribution in [2.75, 3.05) is 6.54 Å². The topological polar surface area (TPSA) is 20.3 Å². The molecule has 2 bridgehead atoms. The fourth-order valence-corrected chi connectivity index (χ4v) is 3.84. The molecule has 84 valence electrons. The van der Waals surface area contributed by atoms with Crippen LogP contribution in [0, 0.1) is 5.92 Å². The molecule has 1 atom stereocenters. The molecular weight excluding hydrogens is 186 g/mol. The zero-order chi connectivity index (χ0) is 10.3. The van der Waals surface area contributed by atoms with Crippen molar-refractivity contribution in [3.8, 4) is 0 Å². The van der Waals surface area contributed by atoms with Gasteiger partial charge in [0.25, 0.3) is 0 Å². The van der Waals surface area contributed by atoms with Gasteiger partial charge in [-0.3, -0.25) is 9.69 Å². The van der Waals surface area contributed by atoms with Gasteiger partial charge in [0.15, 0.2) is 0 Å². The van der Waals surface area contributed by atoms with Gasteiger partial charge in [-0.2, -0.15) is 0 Å². The Hall–Kier alpha value is -0.370. The van der Waals surface area contributed by atoms with E-state index in [-0.39, 0.29) is 0 Å². The minimum Gasteiger partial charge on any atom is -0.300 e. The Bertz CT molecular complexity index is 255. The minimum absolute atomic E-state index is 0.507. The van der Waals surface area contributed by atoms with E-state index in [1.54, 1.807) is 0 Å². The Morgan fingerprint density at radius 2 is 1.80 bits per heavy atom. The number of nitrogens with zero attached hydrogens (tertiary/aromatic N) is 1. The fraction of sp³-hybridized carbons (Fsp3) is 0.923. The van der Waals surface area contributed by atoms with E-state index in [1.807, 2.05) is 0 Å². The monoisotopic (exact) mass is 207 g/mol. The molecule has 0 aromatic heterocycles. The molecular formula is C13H21NO. The van der Waals surface area contributed by atoms with E-state index in [4.69, 9.17) is 0 Å². The van der Waals surface area contributed by atoms with Crippen LogP contribution in [0.4, 0.5) is 0 Å². The van der Waals surface area contributed by atoms with Crippen molar-refractivity contribution in [2.24, 2.45) is 5.92 Å². The number of piperidine rings is 2. The highest BCUT2D eigenvalue weighted by molar-refractivity contribution is 5.79. The summed E-state index contributed by atoms with van der Waals surface area (Å²) in [7, 11) is 0. The van der Waals surface area contributed by atoms with E-state index < -0.39 is 0 Å². The molecule has 2 saturated carbocycles. The Morgan fingerprint density at radius 3 is 2.40 bits per heavy atom. The molecule has 2 heteroatoms. The zero-order valence-electron chi connectivity index (χ0n) is 9.45. The SMILES string of the molecule is O=C1CCCC(N2CC3CCC2CC3)C1. The first kappa shape index (κ1) is 9.83. The predicted octanol–water partition coefficient (Wildman–Crippen LogP) is 2.37. The van der Waals surface area contributed by atoms with E-state index in [2.05, 4.69) is 4.90 Å². The molecule has 2 nitrogen and oxygen atoms in total. The summed E-state index contributed by atoms with van der Waals surface area (Å²) < 4.78 is 0. The maximum Gasteiger partial charge on any atom is 0.134 e. The molecule has 1 unspecified atom stereocenters. The van der Waals surface area contributed by atoms with Gasteiger partial charge in [0.1, 0.15) is 5.78 Å². The molecule has 0 spiro atoms. The Morgan fingerprint density at radius 1 is 1.00 bits per heavy atom. The highest BCUT2D eigenvalue weighted by Crippen LogP contribution is 2.38. The molecule has 4 aliphatic rings. The normalized spacial score (nSPS) is 42.1. The Balaban J connectivity index is 1.68. The van der Waals surface area contributed by atoms with Crippen molar-refractivity contribution < 1.29 is 4.79 Å². The highest BCUT2D eigenvalue weighted by atomic mass is 16.1. The standard InChI is InChI=1S/C13H21NO/c15-13-3-1-2-12(8-13)14-9-10-4-6-11(14)7-5-10/h10-12H,1-9H2. The molecule has 0 amide bonds. The molecule has 2 saturated heterocycles. The van der Waals surface area contributed by atoms with Gasteiger partial charge in [-0.15, -0.1) is 0 Å². The first-order valence-corrected chi connectivity index (χ1v) is 6.60. The number of carbonyl (C=O) groups is 1. The van der Waals surface area contributed by atoms with E-state index in [0.29, 0.717) is 11.8 Å². The maximum atomic E-state index is 11.5. The molecule has 0 aromatic carbocycles. The summed E-state index contributed by atoms with van der Waals surface area (Å²) in [5.74, 6) is 1.46. The Labute approximate surface area is 92.0 Å². The smallest absolute Gasteiger partial charge is 0.134 e. The number of hydrogen-bond donors (Lipinski definition) is 0. The summed E-state index contributed by atoms with van der Waals surface area (Å²) in [6, 6.07) is 1.44. The average molecular weight is 207 g/mol. The van der Waals surface area contributed by atoms with Gasteiger partial charge in [0.2, 0.25) is 0 Å². The zero-order valence-corrected chi connectivity index (χ0v) is 9.45. The van der Waals surface area contributed by atoms with Crippen molar-refractivity contribution >= 4 is 5.78 Å². The fourth-order valence-electron chi connectivity index (χ4n) is 3.84. The average Bonchev–Trinajstić information content (AvgIpc) is 2.30. The number of Topliss-reactive ketones (excluding diaryl/α,β-unsaturated/α-hetero) is 1. The van der Waals surface area contributed by atoms with E-state index in [9.17, 15) is 4.79 Å². The second-order valence-corrected chi connectivity index (χ2v) is 5.66. The quantitative estimate of drug-likeness (QED) is 0.658. The molecule has 2 aliphatic carbocycles. The van der Waals surface area contributed by atoms with Crippen molar-refractivity contribution in [3.05, 3.63) is 0 Å². The van der Waals surface area contributed by atoms with E-state index >= 15 is 0 Å². The van der Waals surface area contributed by atoms with Crippen LogP contribution in [-0.2, 0) is 4.79 Å². The summed E-state index contributed by atoms with van der Waals surface area (Å²) in [4.78, 5) is 14.2. The van der Waals surface area contributed by atoms with Crippen molar-refractivity contribution in [2.45, 2.75) is 63.5 Å². The molecule has 2 aliphatic heterocycles. The number of hydrogen-bond acceptors (Lipinski definition) is 2.